The van der Waals surface area contributed by atoms with Crippen LogP contribution in [-0.2, 0) is 24.1 Å². The number of hydrogen-bond donors (Lipinski definition) is 0. The van der Waals surface area contributed by atoms with E-state index in [4.69, 9.17) is 4.98 Å². The zero-order chi connectivity index (χ0) is 18.2. The number of amides is 1. The van der Waals surface area contributed by atoms with Crippen LogP contribution < -0.4 is 4.90 Å². The van der Waals surface area contributed by atoms with Crippen LogP contribution in [0.2, 0.25) is 0 Å². The number of hydrogen-bond acceptors (Lipinski definition) is 4. The van der Waals surface area contributed by atoms with Gasteiger partial charge in [-0.15, -0.1) is 11.3 Å². The topological polar surface area (TPSA) is 46.1 Å². The molecule has 0 N–H and O–H groups in total. The van der Waals surface area contributed by atoms with Crippen LogP contribution in [0.4, 0.5) is 5.69 Å². The third-order valence-corrected chi connectivity index (χ3v) is 6.69. The lowest BCUT2D eigenvalue weighted by Gasteiger charge is -2.33. The van der Waals surface area contributed by atoms with Crippen LogP contribution in [0.3, 0.4) is 0 Å². The SMILES string of the molecule is O=C(C1CCc2nc(-c3ccccn3)sc2C1)N1CCCc2ccccc21. The zero-order valence-electron chi connectivity index (χ0n) is 15.1. The van der Waals surface area contributed by atoms with Crippen LogP contribution in [0, 0.1) is 5.92 Å². The molecule has 1 amide bonds. The molecule has 4 nitrogen and oxygen atoms in total. The number of benzene rings is 1. The Hall–Kier alpha value is -2.53. The van der Waals surface area contributed by atoms with Gasteiger partial charge in [0.25, 0.3) is 0 Å². The van der Waals surface area contributed by atoms with Gasteiger partial charge < -0.3 is 4.90 Å². The molecule has 0 saturated carbocycles. The molecule has 0 spiro atoms. The number of aryl methyl sites for hydroxylation is 2. The molecule has 0 fully saturated rings. The van der Waals surface area contributed by atoms with Crippen LogP contribution in [0.1, 0.15) is 29.0 Å². The van der Waals surface area contributed by atoms with Crippen molar-refractivity contribution in [1.82, 2.24) is 9.97 Å². The van der Waals surface area contributed by atoms with Crippen LogP contribution in [-0.4, -0.2) is 22.4 Å². The molecular weight excluding hydrogens is 354 g/mol. The van der Waals surface area contributed by atoms with E-state index in [1.54, 1.807) is 17.5 Å². The highest BCUT2D eigenvalue weighted by atomic mass is 32.1. The summed E-state index contributed by atoms with van der Waals surface area (Å²) in [7, 11) is 0. The highest BCUT2D eigenvalue weighted by Crippen LogP contribution is 2.36. The molecule has 1 aliphatic heterocycles. The number of pyridine rings is 1. The van der Waals surface area contributed by atoms with Gasteiger partial charge in [-0.25, -0.2) is 4.98 Å². The van der Waals surface area contributed by atoms with E-state index >= 15 is 0 Å². The van der Waals surface area contributed by atoms with Crippen molar-refractivity contribution < 1.29 is 4.79 Å². The predicted molar refractivity (Wildman–Crippen MR) is 108 cm³/mol. The third kappa shape index (κ3) is 3.06. The Morgan fingerprint density at radius 3 is 2.89 bits per heavy atom. The Bertz CT molecular complexity index is 982. The standard InChI is InChI=1S/C22H21N3OS/c26-22(25-13-5-7-15-6-1-2-9-19(15)25)16-10-11-17-20(14-16)27-21(24-17)18-8-3-4-12-23-18/h1-4,6,8-9,12,16H,5,7,10-11,13-14H2. The fourth-order valence-electron chi connectivity index (χ4n) is 4.17. The number of aromatic nitrogens is 2. The van der Waals surface area contributed by atoms with Gasteiger partial charge in [0.2, 0.25) is 5.91 Å². The van der Waals surface area contributed by atoms with Crippen molar-refractivity contribution >= 4 is 22.9 Å². The van der Waals surface area contributed by atoms with E-state index in [9.17, 15) is 4.79 Å². The lowest BCUT2D eigenvalue weighted by Crippen LogP contribution is -2.41. The Kier molecular flexibility index (Phi) is 4.24. The molecule has 3 heterocycles. The first-order valence-electron chi connectivity index (χ1n) is 9.59. The maximum absolute atomic E-state index is 13.3. The van der Waals surface area contributed by atoms with E-state index < -0.39 is 0 Å². The van der Waals surface area contributed by atoms with E-state index in [2.05, 4.69) is 23.2 Å². The molecule has 2 aromatic heterocycles. The zero-order valence-corrected chi connectivity index (χ0v) is 15.9. The van der Waals surface area contributed by atoms with Crippen LogP contribution in [0.25, 0.3) is 10.7 Å². The average molecular weight is 375 g/mol. The molecule has 1 unspecified atom stereocenters. The molecule has 1 atom stereocenters. The molecule has 1 aromatic carbocycles. The minimum Gasteiger partial charge on any atom is -0.312 e. The van der Waals surface area contributed by atoms with Crippen molar-refractivity contribution in [2.24, 2.45) is 5.92 Å². The fourth-order valence-corrected chi connectivity index (χ4v) is 5.33. The summed E-state index contributed by atoms with van der Waals surface area (Å²) in [4.78, 5) is 25.8. The van der Waals surface area contributed by atoms with E-state index in [1.165, 1.54) is 10.4 Å². The summed E-state index contributed by atoms with van der Waals surface area (Å²) in [6.45, 7) is 0.834. The lowest BCUT2D eigenvalue weighted by atomic mass is 9.89. The van der Waals surface area contributed by atoms with Gasteiger partial charge >= 0.3 is 0 Å². The molecule has 136 valence electrons. The molecule has 2 aliphatic rings. The van der Waals surface area contributed by atoms with E-state index in [0.717, 1.165) is 60.7 Å². The van der Waals surface area contributed by atoms with Gasteiger partial charge in [0, 0.05) is 29.2 Å². The summed E-state index contributed by atoms with van der Waals surface area (Å²) >= 11 is 1.70. The van der Waals surface area contributed by atoms with E-state index in [-0.39, 0.29) is 11.8 Å². The number of carbonyl (C=O) groups is 1. The Morgan fingerprint density at radius 2 is 2.00 bits per heavy atom. The molecular formula is C22H21N3OS. The highest BCUT2D eigenvalue weighted by molar-refractivity contribution is 7.15. The molecule has 27 heavy (non-hydrogen) atoms. The van der Waals surface area contributed by atoms with Crippen molar-refractivity contribution in [3.8, 4) is 10.7 Å². The van der Waals surface area contributed by atoms with Crippen molar-refractivity contribution in [2.45, 2.75) is 32.1 Å². The summed E-state index contributed by atoms with van der Waals surface area (Å²) < 4.78 is 0. The van der Waals surface area contributed by atoms with Gasteiger partial charge in [-0.2, -0.15) is 0 Å². The van der Waals surface area contributed by atoms with E-state index in [0.29, 0.717) is 0 Å². The molecule has 0 saturated heterocycles. The smallest absolute Gasteiger partial charge is 0.230 e. The number of nitrogens with zero attached hydrogens (tertiary/aromatic N) is 3. The maximum atomic E-state index is 13.3. The lowest BCUT2D eigenvalue weighted by molar-refractivity contribution is -0.122. The van der Waals surface area contributed by atoms with Crippen molar-refractivity contribution in [3.05, 3.63) is 64.8 Å². The molecule has 5 heteroatoms. The van der Waals surface area contributed by atoms with Crippen LogP contribution in [0.15, 0.2) is 48.7 Å². The highest BCUT2D eigenvalue weighted by Gasteiger charge is 2.32. The quantitative estimate of drug-likeness (QED) is 0.671. The Labute approximate surface area is 162 Å². The third-order valence-electron chi connectivity index (χ3n) is 5.55. The summed E-state index contributed by atoms with van der Waals surface area (Å²) in [5, 5.41) is 0.969. The first kappa shape index (κ1) is 16.6. The normalized spacial score (nSPS) is 18.7. The van der Waals surface area contributed by atoms with Crippen LogP contribution in [0.5, 0.6) is 0 Å². The molecule has 1 aliphatic carbocycles. The number of thiazole rings is 1. The summed E-state index contributed by atoms with van der Waals surface area (Å²) in [5.41, 5.74) is 4.48. The van der Waals surface area contributed by atoms with Gasteiger partial charge in [-0.1, -0.05) is 24.3 Å². The molecule has 0 bridgehead atoms. The first-order chi connectivity index (χ1) is 13.3. The summed E-state index contributed by atoms with van der Waals surface area (Å²) in [6.07, 6.45) is 6.48. The molecule has 3 aromatic rings. The number of rotatable bonds is 2. The summed E-state index contributed by atoms with van der Waals surface area (Å²) in [6, 6.07) is 14.2. The van der Waals surface area contributed by atoms with Gasteiger partial charge in [-0.05, 0) is 55.9 Å². The number of anilines is 1. The predicted octanol–water partition coefficient (Wildman–Crippen LogP) is 4.29. The minimum absolute atomic E-state index is 0.0562. The summed E-state index contributed by atoms with van der Waals surface area (Å²) in [5.74, 6) is 0.335. The van der Waals surface area contributed by atoms with Crippen molar-refractivity contribution in [1.29, 1.82) is 0 Å². The largest absolute Gasteiger partial charge is 0.312 e. The molecule has 5 rings (SSSR count). The van der Waals surface area contributed by atoms with Gasteiger partial charge in [0.15, 0.2) is 0 Å². The second-order valence-electron chi connectivity index (χ2n) is 7.27. The van der Waals surface area contributed by atoms with Crippen molar-refractivity contribution in [3.63, 3.8) is 0 Å². The monoisotopic (exact) mass is 375 g/mol. The average Bonchev–Trinajstić information content (AvgIpc) is 3.17. The minimum atomic E-state index is 0.0562. The van der Waals surface area contributed by atoms with Crippen LogP contribution >= 0.6 is 11.3 Å². The van der Waals surface area contributed by atoms with Gasteiger partial charge in [0.1, 0.15) is 5.01 Å². The second kappa shape index (κ2) is 6.89. The number of fused-ring (bicyclic) bond motifs is 2. The van der Waals surface area contributed by atoms with Gasteiger partial charge in [-0.3, -0.25) is 9.78 Å². The number of carbonyl (C=O) groups excluding carboxylic acids is 1. The van der Waals surface area contributed by atoms with Crippen molar-refractivity contribution in [2.75, 3.05) is 11.4 Å². The van der Waals surface area contributed by atoms with Gasteiger partial charge in [0.05, 0.1) is 11.4 Å². The fraction of sp³-hybridized carbons (Fsp3) is 0.318. The number of para-hydroxylation sites is 1. The van der Waals surface area contributed by atoms with E-state index in [1.807, 2.05) is 29.2 Å². The first-order valence-corrected chi connectivity index (χ1v) is 10.4. The Balaban J connectivity index is 1.38. The Morgan fingerprint density at radius 1 is 1.11 bits per heavy atom. The molecule has 0 radical (unpaired) electrons. The maximum Gasteiger partial charge on any atom is 0.230 e. The second-order valence-corrected chi connectivity index (χ2v) is 8.35.